The molecule has 1 radical (unpaired) electrons. The number of nitrogens with zero attached hydrogens (tertiary/aromatic N) is 1. The molecule has 69 valence electrons. The molecule has 0 N–H and O–H groups in total. The number of hydrogen-bond acceptors (Lipinski definition) is 2. The third-order valence-electron chi connectivity index (χ3n) is 1.81. The van der Waals surface area contributed by atoms with Gasteiger partial charge in [-0.25, -0.2) is 4.98 Å². The van der Waals surface area contributed by atoms with Gasteiger partial charge in [0.2, 0.25) is 0 Å². The van der Waals surface area contributed by atoms with E-state index in [2.05, 4.69) is 35.3 Å². The van der Waals surface area contributed by atoms with Crippen LogP contribution in [0.1, 0.15) is 5.56 Å². The first-order valence-corrected chi connectivity index (χ1v) is 5.42. The molecular weight excluding hydrogens is 190 g/mol. The van der Waals surface area contributed by atoms with Crippen LogP contribution in [-0.2, 0) is 5.75 Å². The van der Waals surface area contributed by atoms with Crippen molar-refractivity contribution >= 4 is 11.8 Å². The topological polar surface area (TPSA) is 12.9 Å². The first-order chi connectivity index (χ1) is 6.95. The van der Waals surface area contributed by atoms with Gasteiger partial charge in [-0.2, -0.15) is 0 Å². The number of rotatable bonds is 3. The number of thioether (sulfide) groups is 1. The Kier molecular flexibility index (Phi) is 3.19. The Hall–Kier alpha value is -1.28. The summed E-state index contributed by atoms with van der Waals surface area (Å²) in [6.45, 7) is 0. The lowest BCUT2D eigenvalue weighted by Gasteiger charge is -1.99. The molecule has 0 aliphatic rings. The molecule has 0 bridgehead atoms. The minimum Gasteiger partial charge on any atom is -0.250 e. The molecule has 0 atom stereocenters. The molecular formula is C12H10NS. The quantitative estimate of drug-likeness (QED) is 0.706. The summed E-state index contributed by atoms with van der Waals surface area (Å²) in [7, 11) is 0. The van der Waals surface area contributed by atoms with Gasteiger partial charge in [0.05, 0.1) is 5.03 Å². The molecule has 14 heavy (non-hydrogen) atoms. The van der Waals surface area contributed by atoms with E-state index in [0.29, 0.717) is 0 Å². The SMILES string of the molecule is [c]1ccnc(SCc2ccccc2)c1. The number of aromatic nitrogens is 1. The molecule has 0 aliphatic carbocycles. The van der Waals surface area contributed by atoms with Crippen LogP contribution in [0.2, 0.25) is 0 Å². The summed E-state index contributed by atoms with van der Waals surface area (Å²) < 4.78 is 0. The number of pyridine rings is 1. The Morgan fingerprint density at radius 3 is 2.79 bits per heavy atom. The van der Waals surface area contributed by atoms with E-state index in [9.17, 15) is 0 Å². The lowest BCUT2D eigenvalue weighted by molar-refractivity contribution is 1.13. The van der Waals surface area contributed by atoms with Crippen molar-refractivity contribution in [3.05, 3.63) is 60.3 Å². The predicted molar refractivity (Wildman–Crippen MR) is 59.1 cm³/mol. The van der Waals surface area contributed by atoms with E-state index in [1.165, 1.54) is 5.56 Å². The van der Waals surface area contributed by atoms with Crippen LogP contribution < -0.4 is 0 Å². The smallest absolute Gasteiger partial charge is 0.0969 e. The molecule has 2 heteroatoms. The molecule has 0 saturated heterocycles. The van der Waals surface area contributed by atoms with Crippen LogP contribution >= 0.6 is 11.8 Å². The van der Waals surface area contributed by atoms with Gasteiger partial charge in [-0.1, -0.05) is 30.3 Å². The van der Waals surface area contributed by atoms with Gasteiger partial charge >= 0.3 is 0 Å². The molecule has 2 aromatic rings. The average molecular weight is 200 g/mol. The zero-order valence-corrected chi connectivity index (χ0v) is 8.50. The maximum Gasteiger partial charge on any atom is 0.0969 e. The molecule has 1 aromatic carbocycles. The molecule has 0 unspecified atom stereocenters. The van der Waals surface area contributed by atoms with E-state index in [1.807, 2.05) is 18.2 Å². The summed E-state index contributed by atoms with van der Waals surface area (Å²) in [5, 5.41) is 1.02. The van der Waals surface area contributed by atoms with Crippen LogP contribution in [0.5, 0.6) is 0 Å². The van der Waals surface area contributed by atoms with Crippen molar-refractivity contribution < 1.29 is 0 Å². The number of benzene rings is 1. The normalized spacial score (nSPS) is 10.0. The van der Waals surface area contributed by atoms with E-state index >= 15 is 0 Å². The maximum absolute atomic E-state index is 4.23. The highest BCUT2D eigenvalue weighted by Gasteiger charge is 1.95. The van der Waals surface area contributed by atoms with Crippen molar-refractivity contribution in [3.63, 3.8) is 0 Å². The lowest BCUT2D eigenvalue weighted by atomic mass is 10.2. The predicted octanol–water partition coefficient (Wildman–Crippen LogP) is 3.17. The van der Waals surface area contributed by atoms with Crippen LogP contribution in [0.15, 0.2) is 53.7 Å². The molecule has 0 amide bonds. The van der Waals surface area contributed by atoms with Gasteiger partial charge in [-0.05, 0) is 23.8 Å². The molecule has 0 aliphatic heterocycles. The van der Waals surface area contributed by atoms with Crippen molar-refractivity contribution in [2.75, 3.05) is 0 Å². The highest BCUT2D eigenvalue weighted by Crippen LogP contribution is 2.19. The summed E-state index contributed by atoms with van der Waals surface area (Å²) in [6.07, 6.45) is 1.77. The maximum atomic E-state index is 4.23. The molecule has 1 nitrogen and oxygen atoms in total. The van der Waals surface area contributed by atoms with Gasteiger partial charge in [-0.15, -0.1) is 11.8 Å². The average Bonchev–Trinajstić information content (AvgIpc) is 2.29. The van der Waals surface area contributed by atoms with Crippen LogP contribution in [0, 0.1) is 6.07 Å². The Morgan fingerprint density at radius 2 is 2.07 bits per heavy atom. The lowest BCUT2D eigenvalue weighted by Crippen LogP contribution is -1.81. The van der Waals surface area contributed by atoms with Gasteiger partial charge in [0, 0.05) is 11.9 Å². The third-order valence-corrected chi connectivity index (χ3v) is 2.81. The van der Waals surface area contributed by atoms with Gasteiger partial charge < -0.3 is 0 Å². The first-order valence-electron chi connectivity index (χ1n) is 4.44. The van der Waals surface area contributed by atoms with Crippen molar-refractivity contribution in [2.45, 2.75) is 10.8 Å². The van der Waals surface area contributed by atoms with Gasteiger partial charge in [0.1, 0.15) is 0 Å². The van der Waals surface area contributed by atoms with Crippen molar-refractivity contribution in [1.29, 1.82) is 0 Å². The van der Waals surface area contributed by atoms with Crippen LogP contribution in [0.25, 0.3) is 0 Å². The number of hydrogen-bond donors (Lipinski definition) is 0. The highest BCUT2D eigenvalue weighted by molar-refractivity contribution is 7.98. The van der Waals surface area contributed by atoms with E-state index in [0.717, 1.165) is 10.8 Å². The standard InChI is InChI=1S/C12H10NS/c1-2-6-11(7-3-1)10-14-12-8-4-5-9-13-12/h1-3,5-9H,10H2. The zero-order valence-electron chi connectivity index (χ0n) is 7.68. The van der Waals surface area contributed by atoms with Crippen LogP contribution in [-0.4, -0.2) is 4.98 Å². The van der Waals surface area contributed by atoms with E-state index in [-0.39, 0.29) is 0 Å². The summed E-state index contributed by atoms with van der Waals surface area (Å²) in [6, 6.07) is 17.1. The minimum absolute atomic E-state index is 0.964. The van der Waals surface area contributed by atoms with E-state index in [1.54, 1.807) is 18.0 Å². The zero-order chi connectivity index (χ0) is 9.64. The second kappa shape index (κ2) is 4.82. The van der Waals surface area contributed by atoms with Crippen molar-refractivity contribution in [1.82, 2.24) is 4.98 Å². The molecule has 0 saturated carbocycles. The van der Waals surface area contributed by atoms with Crippen LogP contribution in [0.4, 0.5) is 0 Å². The van der Waals surface area contributed by atoms with Crippen molar-refractivity contribution in [2.24, 2.45) is 0 Å². The molecule has 0 fully saturated rings. The Balaban J connectivity index is 1.96. The second-order valence-corrected chi connectivity index (χ2v) is 3.86. The summed E-state index contributed by atoms with van der Waals surface area (Å²) in [4.78, 5) is 4.23. The Labute approximate surface area is 88.2 Å². The molecule has 2 rings (SSSR count). The largest absolute Gasteiger partial charge is 0.250 e. The van der Waals surface area contributed by atoms with E-state index in [4.69, 9.17) is 0 Å². The fraction of sp³-hybridized carbons (Fsp3) is 0.0833. The summed E-state index contributed by atoms with van der Waals surface area (Å²) in [5.74, 6) is 0.964. The monoisotopic (exact) mass is 200 g/mol. The first kappa shape index (κ1) is 9.28. The summed E-state index contributed by atoms with van der Waals surface area (Å²) in [5.41, 5.74) is 1.32. The Bertz CT molecular complexity index is 333. The highest BCUT2D eigenvalue weighted by atomic mass is 32.2. The van der Waals surface area contributed by atoms with E-state index < -0.39 is 0 Å². The summed E-state index contributed by atoms with van der Waals surface area (Å²) >= 11 is 1.73. The van der Waals surface area contributed by atoms with Gasteiger partial charge in [0.15, 0.2) is 0 Å². The molecule has 1 heterocycles. The fourth-order valence-corrected chi connectivity index (χ4v) is 1.91. The molecule has 1 aromatic heterocycles. The van der Waals surface area contributed by atoms with Gasteiger partial charge in [0.25, 0.3) is 0 Å². The van der Waals surface area contributed by atoms with Crippen LogP contribution in [0.3, 0.4) is 0 Å². The second-order valence-electron chi connectivity index (χ2n) is 2.87. The third kappa shape index (κ3) is 2.60. The van der Waals surface area contributed by atoms with Crippen molar-refractivity contribution in [3.8, 4) is 0 Å². The Morgan fingerprint density at radius 1 is 1.21 bits per heavy atom. The fourth-order valence-electron chi connectivity index (χ4n) is 1.12. The molecule has 0 spiro atoms. The van der Waals surface area contributed by atoms with Gasteiger partial charge in [-0.3, -0.25) is 0 Å². The minimum atomic E-state index is 0.964.